The molecule has 34 heavy (non-hydrogen) atoms. The fourth-order valence-electron chi connectivity index (χ4n) is 5.04. The maximum absolute atomic E-state index is 9.55. The molecule has 0 N–H and O–H groups in total. The molecular weight excluding hydrogens is 416 g/mol. The average Bonchev–Trinajstić information content (AvgIpc) is 2.88. The number of para-hydroxylation sites is 4. The number of anilines is 3. The fraction of sp³-hybridized carbons (Fsp3) is 0. The molecule has 3 nitrogen and oxygen atoms in total. The van der Waals surface area contributed by atoms with Crippen LogP contribution in [-0.2, 0) is 0 Å². The first-order valence-corrected chi connectivity index (χ1v) is 11.3. The van der Waals surface area contributed by atoms with Gasteiger partial charge in [0.25, 0.3) is 0 Å². The van der Waals surface area contributed by atoms with Crippen molar-refractivity contribution in [2.24, 2.45) is 0 Å². The van der Waals surface area contributed by atoms with Crippen molar-refractivity contribution in [3.63, 3.8) is 0 Å². The van der Waals surface area contributed by atoms with E-state index in [1.165, 1.54) is 0 Å². The van der Waals surface area contributed by atoms with Crippen LogP contribution in [0, 0.1) is 11.3 Å². The summed E-state index contributed by atoms with van der Waals surface area (Å²) in [6.45, 7) is 0. The maximum Gasteiger partial charge on any atom is 0.151 e. The van der Waals surface area contributed by atoms with Crippen molar-refractivity contribution < 1.29 is 4.74 Å². The number of nitriles is 1. The summed E-state index contributed by atoms with van der Waals surface area (Å²) in [5, 5.41) is 16.2. The van der Waals surface area contributed by atoms with Crippen LogP contribution in [0.1, 0.15) is 5.56 Å². The smallest absolute Gasteiger partial charge is 0.151 e. The Labute approximate surface area is 196 Å². The molecule has 158 valence electrons. The zero-order chi connectivity index (χ0) is 22.6. The molecule has 0 unspecified atom stereocenters. The predicted octanol–water partition coefficient (Wildman–Crippen LogP) is 8.59. The van der Waals surface area contributed by atoms with E-state index in [-0.39, 0.29) is 0 Å². The molecule has 6 aromatic carbocycles. The maximum atomic E-state index is 9.55. The van der Waals surface area contributed by atoms with Gasteiger partial charge in [0, 0.05) is 10.8 Å². The Morgan fingerprint density at radius 3 is 1.76 bits per heavy atom. The Kier molecular flexibility index (Phi) is 3.91. The van der Waals surface area contributed by atoms with E-state index >= 15 is 0 Å². The molecule has 7 rings (SSSR count). The highest BCUT2D eigenvalue weighted by Gasteiger charge is 2.26. The number of ether oxygens (including phenoxy) is 1. The van der Waals surface area contributed by atoms with Crippen molar-refractivity contribution in [3.05, 3.63) is 115 Å². The van der Waals surface area contributed by atoms with Crippen LogP contribution in [-0.4, -0.2) is 0 Å². The average molecular weight is 434 g/mol. The Morgan fingerprint density at radius 2 is 1.09 bits per heavy atom. The van der Waals surface area contributed by atoms with E-state index in [0.717, 1.165) is 60.9 Å². The Bertz CT molecular complexity index is 1770. The molecule has 0 spiro atoms. The third-order valence-electron chi connectivity index (χ3n) is 6.61. The Hall–Kier alpha value is -4.81. The molecule has 0 amide bonds. The van der Waals surface area contributed by atoms with Crippen molar-refractivity contribution in [2.45, 2.75) is 0 Å². The van der Waals surface area contributed by atoms with Gasteiger partial charge in [-0.1, -0.05) is 48.5 Å². The lowest BCUT2D eigenvalue weighted by Gasteiger charge is -2.33. The van der Waals surface area contributed by atoms with Crippen molar-refractivity contribution >= 4 is 49.4 Å². The molecule has 0 saturated heterocycles. The summed E-state index contributed by atoms with van der Waals surface area (Å²) < 4.78 is 6.21. The molecule has 0 bridgehead atoms. The van der Waals surface area contributed by atoms with E-state index in [4.69, 9.17) is 4.74 Å². The zero-order valence-corrected chi connectivity index (χ0v) is 18.2. The lowest BCUT2D eigenvalue weighted by Crippen LogP contribution is -2.15. The van der Waals surface area contributed by atoms with Gasteiger partial charge in [0.2, 0.25) is 0 Å². The van der Waals surface area contributed by atoms with Crippen molar-refractivity contribution in [1.29, 1.82) is 5.26 Å². The summed E-state index contributed by atoms with van der Waals surface area (Å²) in [7, 11) is 0. The largest absolute Gasteiger partial charge is 0.453 e. The molecule has 0 radical (unpaired) electrons. The van der Waals surface area contributed by atoms with Crippen molar-refractivity contribution in [3.8, 4) is 17.6 Å². The van der Waals surface area contributed by atoms with Gasteiger partial charge in [-0.15, -0.1) is 0 Å². The Balaban J connectivity index is 1.53. The molecule has 0 fully saturated rings. The van der Waals surface area contributed by atoms with Crippen LogP contribution in [0.5, 0.6) is 11.5 Å². The van der Waals surface area contributed by atoms with E-state index in [0.29, 0.717) is 5.56 Å². The van der Waals surface area contributed by atoms with Crippen molar-refractivity contribution in [1.82, 2.24) is 0 Å². The van der Waals surface area contributed by atoms with E-state index < -0.39 is 0 Å². The standard InChI is InChI=1S/C31H18N2O/c32-19-22-9-5-7-20-15-24-18-26-21(16-23(24)17-25(20)22)8-6-12-27(26)33-28-10-1-3-13-30(28)34-31-14-4-2-11-29(31)33/h1-18H. The van der Waals surface area contributed by atoms with E-state index in [2.05, 4.69) is 71.6 Å². The van der Waals surface area contributed by atoms with Gasteiger partial charge < -0.3 is 9.64 Å². The summed E-state index contributed by atoms with van der Waals surface area (Å²) in [6.07, 6.45) is 0. The second-order valence-electron chi connectivity index (χ2n) is 8.56. The van der Waals surface area contributed by atoms with Crippen LogP contribution < -0.4 is 9.64 Å². The normalized spacial score (nSPS) is 12.3. The van der Waals surface area contributed by atoms with Crippen LogP contribution in [0.3, 0.4) is 0 Å². The topological polar surface area (TPSA) is 36.3 Å². The fourth-order valence-corrected chi connectivity index (χ4v) is 5.04. The molecule has 0 aliphatic carbocycles. The molecular formula is C31H18N2O. The molecule has 3 heteroatoms. The van der Waals surface area contributed by atoms with Crippen LogP contribution in [0.2, 0.25) is 0 Å². The van der Waals surface area contributed by atoms with Crippen LogP contribution >= 0.6 is 0 Å². The summed E-state index contributed by atoms with van der Waals surface area (Å²) in [5.74, 6) is 1.68. The summed E-state index contributed by atoms with van der Waals surface area (Å²) in [4.78, 5) is 2.29. The third-order valence-corrected chi connectivity index (χ3v) is 6.61. The minimum Gasteiger partial charge on any atom is -0.453 e. The number of nitrogens with zero attached hydrogens (tertiary/aromatic N) is 2. The van der Waals surface area contributed by atoms with Crippen LogP contribution in [0.15, 0.2) is 109 Å². The lowest BCUT2D eigenvalue weighted by atomic mass is 9.96. The molecule has 1 aliphatic rings. The second kappa shape index (κ2) is 7.10. The molecule has 6 aromatic rings. The van der Waals surface area contributed by atoms with Gasteiger partial charge >= 0.3 is 0 Å². The highest BCUT2D eigenvalue weighted by molar-refractivity contribution is 6.10. The molecule has 0 aromatic heterocycles. The quantitative estimate of drug-likeness (QED) is 0.243. The molecule has 1 heterocycles. The van der Waals surface area contributed by atoms with Gasteiger partial charge in [-0.25, -0.2) is 0 Å². The van der Waals surface area contributed by atoms with Crippen LogP contribution in [0.25, 0.3) is 32.3 Å². The number of benzene rings is 6. The van der Waals surface area contributed by atoms with Gasteiger partial charge in [-0.05, 0) is 82.2 Å². The van der Waals surface area contributed by atoms with E-state index in [9.17, 15) is 5.26 Å². The monoisotopic (exact) mass is 434 g/mol. The van der Waals surface area contributed by atoms with Gasteiger partial charge in [0.05, 0.1) is 28.7 Å². The SMILES string of the molecule is N#Cc1cccc2cc3cc4c(N5c6ccccc6Oc6ccccc65)cccc4cc3cc12. The molecule has 0 saturated carbocycles. The predicted molar refractivity (Wildman–Crippen MR) is 138 cm³/mol. The highest BCUT2D eigenvalue weighted by atomic mass is 16.5. The molecule has 0 atom stereocenters. The number of rotatable bonds is 1. The minimum absolute atomic E-state index is 0.703. The first kappa shape index (κ1) is 18.7. The Morgan fingerprint density at radius 1 is 0.529 bits per heavy atom. The van der Waals surface area contributed by atoms with E-state index in [1.54, 1.807) is 0 Å². The first-order chi connectivity index (χ1) is 16.8. The number of hydrogen-bond donors (Lipinski definition) is 0. The zero-order valence-electron chi connectivity index (χ0n) is 18.2. The highest BCUT2D eigenvalue weighted by Crippen LogP contribution is 2.51. The first-order valence-electron chi connectivity index (χ1n) is 11.3. The van der Waals surface area contributed by atoms with Gasteiger partial charge in [0.15, 0.2) is 11.5 Å². The summed E-state index contributed by atoms with van der Waals surface area (Å²) in [5.41, 5.74) is 3.85. The second-order valence-corrected chi connectivity index (χ2v) is 8.56. The minimum atomic E-state index is 0.703. The van der Waals surface area contributed by atoms with Gasteiger partial charge in [-0.2, -0.15) is 5.26 Å². The number of hydrogen-bond acceptors (Lipinski definition) is 3. The van der Waals surface area contributed by atoms with Crippen LogP contribution in [0.4, 0.5) is 17.1 Å². The van der Waals surface area contributed by atoms with Gasteiger partial charge in [0.1, 0.15) is 0 Å². The van der Waals surface area contributed by atoms with Gasteiger partial charge in [-0.3, -0.25) is 0 Å². The third kappa shape index (κ3) is 2.69. The number of fused-ring (bicyclic) bond motifs is 5. The van der Waals surface area contributed by atoms with Crippen molar-refractivity contribution in [2.75, 3.05) is 4.90 Å². The summed E-state index contributed by atoms with van der Waals surface area (Å²) >= 11 is 0. The molecule has 1 aliphatic heterocycles. The lowest BCUT2D eigenvalue weighted by molar-refractivity contribution is 0.477. The summed E-state index contributed by atoms with van der Waals surface area (Å²) in [6, 6.07) is 39.8. The van der Waals surface area contributed by atoms with E-state index in [1.807, 2.05) is 48.5 Å².